The molecule has 0 atom stereocenters. The van der Waals surface area contributed by atoms with Crippen LogP contribution in [-0.4, -0.2) is 25.0 Å². The lowest BCUT2D eigenvalue weighted by atomic mass is 10.1. The summed E-state index contributed by atoms with van der Waals surface area (Å²) in [6, 6.07) is 7.95. The predicted octanol–water partition coefficient (Wildman–Crippen LogP) is 2.52. The Labute approximate surface area is 114 Å². The Balaban J connectivity index is 2.72. The molecule has 102 valence electrons. The Morgan fingerprint density at radius 2 is 2.21 bits per heavy atom. The fourth-order valence-electron chi connectivity index (χ4n) is 1.92. The molecule has 0 saturated heterocycles. The largest absolute Gasteiger partial charge is 0.496 e. The zero-order valence-electron chi connectivity index (χ0n) is 11.8. The van der Waals surface area contributed by atoms with E-state index >= 15 is 0 Å². The first kappa shape index (κ1) is 15.0. The molecule has 0 aromatic heterocycles. The highest BCUT2D eigenvalue weighted by Crippen LogP contribution is 2.21. The first-order valence-corrected chi connectivity index (χ1v) is 6.39. The molecule has 0 spiro atoms. The summed E-state index contributed by atoms with van der Waals surface area (Å²) in [7, 11) is 3.42. The summed E-state index contributed by atoms with van der Waals surface area (Å²) >= 11 is 0. The van der Waals surface area contributed by atoms with Gasteiger partial charge in [-0.25, -0.2) is 0 Å². The maximum atomic E-state index is 11.7. The molecule has 4 nitrogen and oxygen atoms in total. The van der Waals surface area contributed by atoms with Gasteiger partial charge in [-0.15, -0.1) is 0 Å². The van der Waals surface area contributed by atoms with Gasteiger partial charge in [-0.1, -0.05) is 19.1 Å². The molecule has 0 bridgehead atoms. The van der Waals surface area contributed by atoms with Gasteiger partial charge in [0.2, 0.25) is 5.91 Å². The summed E-state index contributed by atoms with van der Waals surface area (Å²) in [6.07, 6.45) is 1.44. The zero-order chi connectivity index (χ0) is 14.3. The van der Waals surface area contributed by atoms with Crippen molar-refractivity contribution in [2.75, 3.05) is 14.2 Å². The van der Waals surface area contributed by atoms with Crippen LogP contribution in [0.25, 0.3) is 0 Å². The molecule has 1 aromatic rings. The van der Waals surface area contributed by atoms with Gasteiger partial charge in [-0.3, -0.25) is 4.79 Å². The number of amides is 1. The van der Waals surface area contributed by atoms with Gasteiger partial charge < -0.3 is 9.64 Å². The Bertz CT molecular complexity index is 478. The number of nitriles is 1. The van der Waals surface area contributed by atoms with Crippen LogP contribution < -0.4 is 4.74 Å². The molecule has 4 heteroatoms. The van der Waals surface area contributed by atoms with Crippen molar-refractivity contribution in [2.24, 2.45) is 0 Å². The second-order valence-corrected chi connectivity index (χ2v) is 4.41. The molecule has 0 aliphatic carbocycles. The Morgan fingerprint density at radius 3 is 2.79 bits per heavy atom. The lowest BCUT2D eigenvalue weighted by Gasteiger charge is -2.18. The summed E-state index contributed by atoms with van der Waals surface area (Å²) < 4.78 is 5.28. The smallest absolute Gasteiger partial charge is 0.223 e. The van der Waals surface area contributed by atoms with Crippen molar-refractivity contribution in [2.45, 2.75) is 32.7 Å². The molecule has 0 N–H and O–H groups in total. The Kier molecular flexibility index (Phi) is 5.87. The van der Waals surface area contributed by atoms with E-state index in [-0.39, 0.29) is 18.7 Å². The molecule has 19 heavy (non-hydrogen) atoms. The van der Waals surface area contributed by atoms with E-state index < -0.39 is 0 Å². The number of hydrogen-bond donors (Lipinski definition) is 0. The average molecular weight is 260 g/mol. The normalized spacial score (nSPS) is 9.79. The van der Waals surface area contributed by atoms with Crippen LogP contribution in [0.3, 0.4) is 0 Å². The van der Waals surface area contributed by atoms with Crippen LogP contribution >= 0.6 is 0 Å². The minimum atomic E-state index is -0.00424. The van der Waals surface area contributed by atoms with E-state index in [4.69, 9.17) is 10.00 Å². The highest BCUT2D eigenvalue weighted by atomic mass is 16.5. The van der Waals surface area contributed by atoms with Crippen LogP contribution in [0, 0.1) is 11.3 Å². The minimum Gasteiger partial charge on any atom is -0.496 e. The van der Waals surface area contributed by atoms with Crippen LogP contribution in [0.1, 0.15) is 30.9 Å². The molecule has 0 saturated carbocycles. The molecular formula is C15H20N2O2. The molecule has 0 radical (unpaired) electrons. The number of ether oxygens (including phenoxy) is 1. The zero-order valence-corrected chi connectivity index (χ0v) is 11.8. The van der Waals surface area contributed by atoms with Gasteiger partial charge in [-0.2, -0.15) is 5.26 Å². The molecule has 0 heterocycles. The lowest BCUT2D eigenvalue weighted by Crippen LogP contribution is -2.25. The van der Waals surface area contributed by atoms with E-state index in [0.717, 1.165) is 23.3 Å². The van der Waals surface area contributed by atoms with E-state index in [1.165, 1.54) is 0 Å². The van der Waals surface area contributed by atoms with E-state index in [1.807, 2.05) is 18.2 Å². The summed E-state index contributed by atoms with van der Waals surface area (Å²) in [5, 5.41) is 8.48. The van der Waals surface area contributed by atoms with Crippen LogP contribution in [0.4, 0.5) is 0 Å². The third-order valence-corrected chi connectivity index (χ3v) is 3.02. The molecule has 0 aliphatic rings. The first-order valence-electron chi connectivity index (χ1n) is 6.39. The molecule has 0 unspecified atom stereocenters. The standard InChI is InChI=1S/C15H20N2O2/c1-4-13-10-12(7-8-14(13)19-3)11-17(2)15(18)6-5-9-16/h7-8,10H,4-6,11H2,1-3H3. The molecule has 0 fully saturated rings. The molecule has 1 aromatic carbocycles. The number of carbonyl (C=O) groups is 1. The van der Waals surface area contributed by atoms with Crippen molar-refractivity contribution in [3.63, 3.8) is 0 Å². The maximum Gasteiger partial charge on any atom is 0.223 e. The quantitative estimate of drug-likeness (QED) is 0.789. The first-order chi connectivity index (χ1) is 9.12. The summed E-state index contributed by atoms with van der Waals surface area (Å²) in [5.41, 5.74) is 2.21. The van der Waals surface area contributed by atoms with E-state index in [2.05, 4.69) is 13.0 Å². The summed E-state index contributed by atoms with van der Waals surface area (Å²) in [4.78, 5) is 13.4. The Hall–Kier alpha value is -2.02. The molecule has 0 aliphatic heterocycles. The highest BCUT2D eigenvalue weighted by molar-refractivity contribution is 5.76. The number of aryl methyl sites for hydroxylation is 1. The van der Waals surface area contributed by atoms with Gasteiger partial charge in [0.15, 0.2) is 0 Å². The summed E-state index contributed by atoms with van der Waals surface area (Å²) in [5.74, 6) is 0.875. The van der Waals surface area contributed by atoms with Crippen molar-refractivity contribution >= 4 is 5.91 Å². The van der Waals surface area contributed by atoms with Crippen molar-refractivity contribution in [3.05, 3.63) is 29.3 Å². The van der Waals surface area contributed by atoms with Crippen molar-refractivity contribution < 1.29 is 9.53 Å². The van der Waals surface area contributed by atoms with Gasteiger partial charge in [0, 0.05) is 26.4 Å². The second-order valence-electron chi connectivity index (χ2n) is 4.41. The minimum absolute atomic E-state index is 0.00424. The van der Waals surface area contributed by atoms with Crippen LogP contribution in [0.15, 0.2) is 18.2 Å². The SMILES string of the molecule is CCc1cc(CN(C)C(=O)CCC#N)ccc1OC. The third-order valence-electron chi connectivity index (χ3n) is 3.02. The second kappa shape index (κ2) is 7.42. The topological polar surface area (TPSA) is 53.3 Å². The van der Waals surface area contributed by atoms with Gasteiger partial charge in [-0.05, 0) is 23.6 Å². The number of benzene rings is 1. The van der Waals surface area contributed by atoms with E-state index in [9.17, 15) is 4.79 Å². The number of methoxy groups -OCH3 is 1. The lowest BCUT2D eigenvalue weighted by molar-refractivity contribution is -0.130. The van der Waals surface area contributed by atoms with Gasteiger partial charge in [0.1, 0.15) is 5.75 Å². The van der Waals surface area contributed by atoms with E-state index in [0.29, 0.717) is 6.54 Å². The van der Waals surface area contributed by atoms with Gasteiger partial charge >= 0.3 is 0 Å². The van der Waals surface area contributed by atoms with Crippen LogP contribution in [-0.2, 0) is 17.8 Å². The van der Waals surface area contributed by atoms with E-state index in [1.54, 1.807) is 19.1 Å². The predicted molar refractivity (Wildman–Crippen MR) is 73.7 cm³/mol. The number of nitrogens with zero attached hydrogens (tertiary/aromatic N) is 2. The fraction of sp³-hybridized carbons (Fsp3) is 0.467. The molecule has 1 rings (SSSR count). The Morgan fingerprint density at radius 1 is 1.47 bits per heavy atom. The van der Waals surface area contributed by atoms with Crippen LogP contribution in [0.5, 0.6) is 5.75 Å². The van der Waals surface area contributed by atoms with Crippen LogP contribution in [0.2, 0.25) is 0 Å². The number of rotatable bonds is 6. The molecular weight excluding hydrogens is 240 g/mol. The fourth-order valence-corrected chi connectivity index (χ4v) is 1.92. The molecule has 1 amide bonds. The highest BCUT2D eigenvalue weighted by Gasteiger charge is 2.10. The monoisotopic (exact) mass is 260 g/mol. The average Bonchev–Trinajstić information content (AvgIpc) is 2.44. The van der Waals surface area contributed by atoms with Gasteiger partial charge in [0.25, 0.3) is 0 Å². The number of carbonyl (C=O) groups excluding carboxylic acids is 1. The van der Waals surface area contributed by atoms with Crippen molar-refractivity contribution in [1.29, 1.82) is 5.26 Å². The summed E-state index contributed by atoms with van der Waals surface area (Å²) in [6.45, 7) is 2.63. The van der Waals surface area contributed by atoms with Gasteiger partial charge in [0.05, 0.1) is 13.2 Å². The maximum absolute atomic E-state index is 11.7. The van der Waals surface area contributed by atoms with Crippen molar-refractivity contribution in [1.82, 2.24) is 4.90 Å². The van der Waals surface area contributed by atoms with Crippen molar-refractivity contribution in [3.8, 4) is 11.8 Å². The number of hydrogen-bond acceptors (Lipinski definition) is 3. The third kappa shape index (κ3) is 4.29.